The minimum atomic E-state index is -0.360. The molecule has 162 valence electrons. The summed E-state index contributed by atoms with van der Waals surface area (Å²) in [6.07, 6.45) is 1.46. The van der Waals surface area contributed by atoms with Crippen molar-refractivity contribution in [2.45, 2.75) is 20.4 Å². The number of nitrogens with zero attached hydrogens (tertiary/aromatic N) is 5. The average molecular weight is 431 g/mol. The molecule has 0 spiro atoms. The number of carbonyl (C=O) groups excluding carboxylic acids is 2. The maximum Gasteiger partial charge on any atom is 0.275 e. The lowest BCUT2D eigenvalue weighted by atomic mass is 10.2. The summed E-state index contributed by atoms with van der Waals surface area (Å²) >= 11 is 0. The molecule has 10 heteroatoms. The van der Waals surface area contributed by atoms with Gasteiger partial charge in [-0.1, -0.05) is 17.7 Å². The number of amides is 2. The number of anilines is 1. The Balaban J connectivity index is 1.67. The molecule has 1 aromatic carbocycles. The lowest BCUT2D eigenvalue weighted by Crippen LogP contribution is -2.25. The van der Waals surface area contributed by atoms with Crippen LogP contribution in [0.25, 0.3) is 17.2 Å². The summed E-state index contributed by atoms with van der Waals surface area (Å²) < 4.78 is 2.77. The van der Waals surface area contributed by atoms with Crippen LogP contribution < -0.4 is 16.2 Å². The molecular formula is C22H21N7O3. The van der Waals surface area contributed by atoms with Crippen molar-refractivity contribution >= 4 is 23.3 Å². The summed E-state index contributed by atoms with van der Waals surface area (Å²) in [6.45, 7) is 3.65. The van der Waals surface area contributed by atoms with Crippen molar-refractivity contribution in [3.8, 4) is 11.4 Å². The van der Waals surface area contributed by atoms with Crippen LogP contribution in [0.5, 0.6) is 0 Å². The Hall–Kier alpha value is -4.34. The number of benzene rings is 1. The number of nitrogens with one attached hydrogen (secondary N) is 2. The first kappa shape index (κ1) is 20.9. The Kier molecular flexibility index (Phi) is 5.50. The zero-order chi connectivity index (χ0) is 22.8. The minimum Gasteiger partial charge on any atom is -0.354 e. The third-order valence-electron chi connectivity index (χ3n) is 4.92. The Morgan fingerprint density at radius 2 is 1.81 bits per heavy atom. The average Bonchev–Trinajstić information content (AvgIpc) is 3.24. The molecule has 0 aliphatic rings. The molecular weight excluding hydrogens is 410 g/mol. The first-order chi connectivity index (χ1) is 15.4. The molecule has 0 atom stereocenters. The molecule has 2 amide bonds. The number of pyridine rings is 1. The van der Waals surface area contributed by atoms with Gasteiger partial charge < -0.3 is 15.2 Å². The van der Waals surface area contributed by atoms with E-state index in [0.717, 1.165) is 10.1 Å². The van der Waals surface area contributed by atoms with Crippen LogP contribution >= 0.6 is 0 Å². The van der Waals surface area contributed by atoms with Gasteiger partial charge in [0.2, 0.25) is 11.7 Å². The van der Waals surface area contributed by atoms with E-state index in [-0.39, 0.29) is 41.2 Å². The summed E-state index contributed by atoms with van der Waals surface area (Å²) in [4.78, 5) is 45.4. The topological polar surface area (TPSA) is 123 Å². The van der Waals surface area contributed by atoms with Crippen LogP contribution in [0.4, 0.5) is 5.69 Å². The smallest absolute Gasteiger partial charge is 0.275 e. The fraction of sp³-hybridized carbons (Fsp3) is 0.182. The molecule has 0 radical (unpaired) electrons. The predicted octanol–water partition coefficient (Wildman–Crippen LogP) is 1.57. The zero-order valence-corrected chi connectivity index (χ0v) is 17.8. The van der Waals surface area contributed by atoms with Gasteiger partial charge in [-0.15, -0.1) is 5.10 Å². The molecule has 3 aromatic heterocycles. The van der Waals surface area contributed by atoms with Crippen LogP contribution in [0.1, 0.15) is 21.7 Å². The van der Waals surface area contributed by atoms with Crippen molar-refractivity contribution < 1.29 is 9.59 Å². The SMILES string of the molecule is CNC(=O)c1ccc(-c2nc3n(CC(=O)Nc4ccc(C)cc4)c(C)cc(=O)n3n2)cn1. The Morgan fingerprint density at radius 3 is 2.47 bits per heavy atom. The first-order valence-electron chi connectivity index (χ1n) is 9.88. The lowest BCUT2D eigenvalue weighted by Gasteiger charge is -2.11. The fourth-order valence-electron chi connectivity index (χ4n) is 3.19. The van der Waals surface area contributed by atoms with E-state index in [0.29, 0.717) is 16.9 Å². The Bertz CT molecular complexity index is 1370. The predicted molar refractivity (Wildman–Crippen MR) is 118 cm³/mol. The van der Waals surface area contributed by atoms with Gasteiger partial charge in [-0.2, -0.15) is 9.50 Å². The molecule has 0 bridgehead atoms. The maximum atomic E-state index is 12.6. The quantitative estimate of drug-likeness (QED) is 0.494. The van der Waals surface area contributed by atoms with Crippen LogP contribution in [0, 0.1) is 13.8 Å². The molecule has 0 aliphatic heterocycles. The van der Waals surface area contributed by atoms with Crippen LogP contribution in [-0.4, -0.2) is 43.0 Å². The van der Waals surface area contributed by atoms with Crippen molar-refractivity contribution in [1.82, 2.24) is 29.5 Å². The van der Waals surface area contributed by atoms with Gasteiger partial charge in [0, 0.05) is 36.3 Å². The number of hydrogen-bond donors (Lipinski definition) is 2. The maximum absolute atomic E-state index is 12.6. The van der Waals surface area contributed by atoms with Crippen LogP contribution in [0.3, 0.4) is 0 Å². The zero-order valence-electron chi connectivity index (χ0n) is 17.8. The largest absolute Gasteiger partial charge is 0.354 e. The van der Waals surface area contributed by atoms with E-state index in [1.165, 1.54) is 19.3 Å². The molecule has 0 unspecified atom stereocenters. The number of fused-ring (bicyclic) bond motifs is 1. The summed E-state index contributed by atoms with van der Waals surface area (Å²) in [5.74, 6) is -0.0751. The highest BCUT2D eigenvalue weighted by molar-refractivity contribution is 5.92. The lowest BCUT2D eigenvalue weighted by molar-refractivity contribution is -0.116. The van der Waals surface area contributed by atoms with Crippen molar-refractivity contribution in [2.24, 2.45) is 0 Å². The van der Waals surface area contributed by atoms with Crippen molar-refractivity contribution in [1.29, 1.82) is 0 Å². The Labute approximate surface area is 182 Å². The second-order valence-electron chi connectivity index (χ2n) is 7.28. The van der Waals surface area contributed by atoms with Gasteiger partial charge in [0.1, 0.15) is 12.2 Å². The second-order valence-corrected chi connectivity index (χ2v) is 7.28. The molecule has 10 nitrogen and oxygen atoms in total. The highest BCUT2D eigenvalue weighted by Crippen LogP contribution is 2.16. The third-order valence-corrected chi connectivity index (χ3v) is 4.92. The summed E-state index contributed by atoms with van der Waals surface area (Å²) in [6, 6.07) is 12.1. The molecule has 4 rings (SSSR count). The molecule has 3 heterocycles. The van der Waals surface area contributed by atoms with E-state index in [2.05, 4.69) is 25.7 Å². The van der Waals surface area contributed by atoms with E-state index in [1.54, 1.807) is 23.6 Å². The Morgan fingerprint density at radius 1 is 1.06 bits per heavy atom. The number of carbonyl (C=O) groups is 2. The number of aryl methyl sites for hydroxylation is 2. The monoisotopic (exact) mass is 431 g/mol. The third kappa shape index (κ3) is 4.10. The van der Waals surface area contributed by atoms with Crippen molar-refractivity contribution in [3.05, 3.63) is 76.0 Å². The van der Waals surface area contributed by atoms with E-state index in [1.807, 2.05) is 31.2 Å². The van der Waals surface area contributed by atoms with Gasteiger partial charge in [-0.05, 0) is 38.1 Å². The number of aromatic nitrogens is 5. The number of hydrogen-bond acceptors (Lipinski definition) is 6. The first-order valence-corrected chi connectivity index (χ1v) is 9.88. The van der Waals surface area contributed by atoms with Gasteiger partial charge in [0.05, 0.1) is 0 Å². The van der Waals surface area contributed by atoms with E-state index in [9.17, 15) is 14.4 Å². The summed E-state index contributed by atoms with van der Waals surface area (Å²) in [5.41, 5.74) is 2.78. The van der Waals surface area contributed by atoms with E-state index < -0.39 is 0 Å². The van der Waals surface area contributed by atoms with Gasteiger partial charge in [0.15, 0.2) is 5.82 Å². The van der Waals surface area contributed by atoms with Crippen molar-refractivity contribution in [3.63, 3.8) is 0 Å². The molecule has 0 aliphatic carbocycles. The molecule has 0 fully saturated rings. The van der Waals surface area contributed by atoms with Gasteiger partial charge in [0.25, 0.3) is 11.5 Å². The molecule has 0 saturated carbocycles. The molecule has 2 N–H and O–H groups in total. The minimum absolute atomic E-state index is 0.0461. The molecule has 4 aromatic rings. The normalized spacial score (nSPS) is 10.8. The van der Waals surface area contributed by atoms with Crippen molar-refractivity contribution in [2.75, 3.05) is 12.4 Å². The molecule has 32 heavy (non-hydrogen) atoms. The van der Waals surface area contributed by atoms with Crippen LogP contribution in [0.2, 0.25) is 0 Å². The number of rotatable bonds is 5. The van der Waals surface area contributed by atoms with E-state index >= 15 is 0 Å². The summed E-state index contributed by atoms with van der Waals surface area (Å²) in [7, 11) is 1.52. The van der Waals surface area contributed by atoms with E-state index in [4.69, 9.17) is 0 Å². The van der Waals surface area contributed by atoms with Crippen LogP contribution in [0.15, 0.2) is 53.5 Å². The second kappa shape index (κ2) is 8.42. The summed E-state index contributed by atoms with van der Waals surface area (Å²) in [5, 5.41) is 9.62. The van der Waals surface area contributed by atoms with Crippen LogP contribution in [-0.2, 0) is 11.3 Å². The fourth-order valence-corrected chi connectivity index (χ4v) is 3.19. The highest BCUT2D eigenvalue weighted by atomic mass is 16.2. The van der Waals surface area contributed by atoms with Gasteiger partial charge in [-0.3, -0.25) is 19.4 Å². The molecule has 0 saturated heterocycles. The van der Waals surface area contributed by atoms with Gasteiger partial charge >= 0.3 is 0 Å². The highest BCUT2D eigenvalue weighted by Gasteiger charge is 2.16. The van der Waals surface area contributed by atoms with Gasteiger partial charge in [-0.25, -0.2) is 0 Å². The standard InChI is InChI=1S/C22H21N7O3/c1-13-4-7-16(8-5-13)25-18(30)12-28-14(2)10-19(31)29-22(28)26-20(27-29)15-6-9-17(24-11-15)21(32)23-3/h4-11H,12H2,1-3H3,(H,23,32)(H,25,30).